The number of aliphatic hydroxyl groups is 4. The summed E-state index contributed by atoms with van der Waals surface area (Å²) in [5, 5.41) is 80.6. The average molecular weight is 975 g/mol. The molecule has 1 aliphatic heterocycles. The topological polar surface area (TPSA) is 509 Å². The van der Waals surface area contributed by atoms with Crippen molar-refractivity contribution < 1.29 is 93.2 Å². The van der Waals surface area contributed by atoms with Crippen LogP contribution in [0.5, 0.6) is 0 Å². The van der Waals surface area contributed by atoms with Gasteiger partial charge in [-0.05, 0) is 32.6 Å². The van der Waals surface area contributed by atoms with E-state index in [0.717, 1.165) is 11.8 Å². The number of nitrogens with two attached hydrogens (primary N) is 2. The minimum atomic E-state index is -1.96. The Morgan fingerprint density at radius 3 is 1.57 bits per heavy atom. The molecule has 0 aromatic carbocycles. The van der Waals surface area contributed by atoms with E-state index in [2.05, 4.69) is 42.2 Å². The maximum atomic E-state index is 13.3. The predicted molar refractivity (Wildman–Crippen MR) is 222 cm³/mol. The van der Waals surface area contributed by atoms with Gasteiger partial charge in [-0.15, -0.1) is 0 Å². The summed E-state index contributed by atoms with van der Waals surface area (Å²) in [6, 6.07) is -12.8. The van der Waals surface area contributed by atoms with Crippen LogP contribution in [-0.2, 0) is 57.5 Å². The van der Waals surface area contributed by atoms with E-state index in [1.165, 1.54) is 6.92 Å². The third-order valence-electron chi connectivity index (χ3n) is 9.65. The molecule has 1 aliphatic rings. The molecule has 68 heavy (non-hydrogen) atoms. The molecule has 1 fully saturated rings. The smallest absolute Gasteiger partial charge is 0.338 e. The SMILES string of the molecule is CCC(=O)N[C@H](CO)C(=O)N[C@@H](CO)C(=O)N[C@H](CO)C(=O)NCC(=O)N[C@H](CCC[NH+]=C(N)N)C(=O)NCC(=O)N[C@H](CC(=O)[O-])C(=O)N[C@@H](CO)C(=O)N1CCCC1C(=O)N[C@@H](C)C(=O)[O-]. The molecule has 0 aromatic rings. The van der Waals surface area contributed by atoms with Crippen molar-refractivity contribution in [3.63, 3.8) is 0 Å². The number of amides is 10. The second-order valence-electron chi connectivity index (χ2n) is 14.9. The quantitative estimate of drug-likeness (QED) is 0.0180. The van der Waals surface area contributed by atoms with Crippen molar-refractivity contribution in [3.05, 3.63) is 0 Å². The van der Waals surface area contributed by atoms with Gasteiger partial charge in [0.15, 0.2) is 0 Å². The van der Waals surface area contributed by atoms with Crippen molar-refractivity contribution in [2.24, 2.45) is 11.5 Å². The lowest BCUT2D eigenvalue weighted by atomic mass is 10.1. The number of carbonyl (C=O) groups excluding carboxylic acids is 12. The third-order valence-corrected chi connectivity index (χ3v) is 9.65. The molecule has 10 amide bonds. The van der Waals surface area contributed by atoms with Gasteiger partial charge in [0.05, 0.1) is 58.1 Å². The molecule has 0 spiro atoms. The summed E-state index contributed by atoms with van der Waals surface area (Å²) in [7, 11) is 0. The molecule has 382 valence electrons. The first-order chi connectivity index (χ1) is 32.0. The van der Waals surface area contributed by atoms with Gasteiger partial charge in [-0.3, -0.25) is 64.4 Å². The molecular weight excluding hydrogens is 914 g/mol. The van der Waals surface area contributed by atoms with Crippen LogP contribution >= 0.6 is 0 Å². The van der Waals surface area contributed by atoms with Crippen LogP contribution in [0.2, 0.25) is 0 Å². The number of carboxylic acid groups (broad SMARTS) is 2. The summed E-state index contributed by atoms with van der Waals surface area (Å²) in [6.07, 6.45) is -0.901. The molecule has 8 atom stereocenters. The van der Waals surface area contributed by atoms with E-state index >= 15 is 0 Å². The van der Waals surface area contributed by atoms with Gasteiger partial charge in [0.1, 0.15) is 42.3 Å². The molecule has 1 heterocycles. The minimum Gasteiger partial charge on any atom is -0.550 e. The first kappa shape index (κ1) is 58.8. The van der Waals surface area contributed by atoms with Gasteiger partial charge >= 0.3 is 5.96 Å². The van der Waals surface area contributed by atoms with Crippen molar-refractivity contribution >= 4 is 77.0 Å². The Hall–Kier alpha value is -7.25. The fraction of sp³-hybridized carbons (Fsp3) is 0.649. The van der Waals surface area contributed by atoms with Crippen molar-refractivity contribution in [2.45, 2.75) is 101 Å². The minimum absolute atomic E-state index is 0.0358. The molecule has 31 nitrogen and oxygen atoms in total. The van der Waals surface area contributed by atoms with Crippen molar-refractivity contribution in [1.29, 1.82) is 0 Å². The Morgan fingerprint density at radius 1 is 0.632 bits per heavy atom. The van der Waals surface area contributed by atoms with Gasteiger partial charge in [-0.2, -0.15) is 0 Å². The number of carboxylic acids is 2. The predicted octanol–water partition coefficient (Wildman–Crippen LogP) is -15.0. The Bertz CT molecular complexity index is 1870. The molecule has 0 bridgehead atoms. The average Bonchev–Trinajstić information content (AvgIpc) is 3.79. The zero-order chi connectivity index (χ0) is 51.7. The van der Waals surface area contributed by atoms with E-state index in [0.29, 0.717) is 0 Å². The number of hydrogen-bond donors (Lipinski definition) is 16. The Balaban J connectivity index is 2.98. The maximum absolute atomic E-state index is 13.3. The van der Waals surface area contributed by atoms with Crippen molar-refractivity contribution in [3.8, 4) is 0 Å². The highest BCUT2D eigenvalue weighted by Gasteiger charge is 2.39. The number of nitrogens with one attached hydrogen (secondary N) is 10. The summed E-state index contributed by atoms with van der Waals surface area (Å²) in [6.45, 7) is -3.19. The van der Waals surface area contributed by atoms with Crippen molar-refractivity contribution in [2.75, 3.05) is 52.6 Å². The number of nitrogens with zero attached hydrogens (tertiary/aromatic N) is 1. The summed E-state index contributed by atoms with van der Waals surface area (Å²) < 4.78 is 0. The van der Waals surface area contributed by atoms with Crippen LogP contribution in [0.3, 0.4) is 0 Å². The first-order valence-electron chi connectivity index (χ1n) is 20.9. The molecule has 0 saturated carbocycles. The monoisotopic (exact) mass is 974 g/mol. The molecule has 31 heteroatoms. The zero-order valence-corrected chi connectivity index (χ0v) is 37.1. The van der Waals surface area contributed by atoms with Gasteiger partial charge in [0, 0.05) is 25.4 Å². The van der Waals surface area contributed by atoms with Crippen LogP contribution in [0.4, 0.5) is 0 Å². The van der Waals surface area contributed by atoms with Gasteiger partial charge < -0.3 is 93.0 Å². The zero-order valence-electron chi connectivity index (χ0n) is 37.1. The van der Waals surface area contributed by atoms with Crippen LogP contribution in [-0.4, -0.2) is 203 Å². The normalized spacial score (nSPS) is 16.0. The maximum Gasteiger partial charge on any atom is 0.338 e. The van der Waals surface area contributed by atoms with Crippen LogP contribution in [0.1, 0.15) is 52.4 Å². The molecule has 1 rings (SSSR count). The van der Waals surface area contributed by atoms with Gasteiger partial charge in [-0.25, -0.2) is 0 Å². The Morgan fingerprint density at radius 2 is 1.09 bits per heavy atom. The second-order valence-corrected chi connectivity index (χ2v) is 14.9. The summed E-state index contributed by atoms with van der Waals surface area (Å²) >= 11 is 0. The van der Waals surface area contributed by atoms with Gasteiger partial charge in [-0.1, -0.05) is 6.92 Å². The number of aliphatic carboxylic acids is 2. The van der Waals surface area contributed by atoms with E-state index in [9.17, 15) is 88.2 Å². The number of aliphatic hydroxyl groups excluding tert-OH is 4. The number of likely N-dealkylation sites (tertiary alicyclic amines) is 1. The van der Waals surface area contributed by atoms with Crippen LogP contribution in [0.15, 0.2) is 0 Å². The second kappa shape index (κ2) is 30.1. The highest BCUT2D eigenvalue weighted by Crippen LogP contribution is 2.19. The Kier molecular flexibility index (Phi) is 26.0. The molecule has 0 radical (unpaired) electrons. The molecule has 1 saturated heterocycles. The lowest BCUT2D eigenvalue weighted by Crippen LogP contribution is -2.78. The van der Waals surface area contributed by atoms with Crippen LogP contribution in [0, 0.1) is 0 Å². The highest BCUT2D eigenvalue weighted by atomic mass is 16.4. The standard InChI is InChI=1S/C37H61N13O18/c1-3-25(55)46-21(14-52)32(63)48-22(15-53)33(64)47-20(13-51)30(61)42-11-26(56)44-18(6-4-8-40-37(38)39)29(60)41-12-27(57)45-19(10-28(58)59)31(62)49-23(16-54)35(66)50-9-5-7-24(50)34(65)43-17(2)36(67)68/h17-24,51-54H,3-16H2,1-2H3,(H,41,60)(H,42,61)(H,43,65)(H,44,56)(H,45,57)(H,46,55)(H,47,64)(H,48,63)(H,49,62)(H,58,59)(H,67,68)(H4,38,39,40)/p-1/t17-,18+,19+,20+,21+,22-,23-,24?/m0/s1. The molecule has 1 unspecified atom stereocenters. The number of rotatable bonds is 30. The van der Waals surface area contributed by atoms with Crippen LogP contribution in [0.25, 0.3) is 0 Å². The van der Waals surface area contributed by atoms with Crippen LogP contribution < -0.4 is 74.5 Å². The molecule has 0 aromatic heterocycles. The first-order valence-corrected chi connectivity index (χ1v) is 20.9. The van der Waals surface area contributed by atoms with E-state index in [1.54, 1.807) is 0 Å². The largest absolute Gasteiger partial charge is 0.550 e. The number of carbonyl (C=O) groups is 12. The third kappa shape index (κ3) is 20.5. The summed E-state index contributed by atoms with van der Waals surface area (Å²) in [5.41, 5.74) is 10.7. The number of guanidine groups is 1. The Labute approximate surface area is 387 Å². The molecule has 18 N–H and O–H groups in total. The van der Waals surface area contributed by atoms with E-state index < -0.39 is 165 Å². The fourth-order valence-corrected chi connectivity index (χ4v) is 6.01. The van der Waals surface area contributed by atoms with Crippen molar-refractivity contribution in [1.82, 2.24) is 52.8 Å². The van der Waals surface area contributed by atoms with Gasteiger partial charge in [0.25, 0.3) is 0 Å². The summed E-state index contributed by atoms with van der Waals surface area (Å²) in [4.78, 5) is 154. The summed E-state index contributed by atoms with van der Waals surface area (Å²) in [5.74, 6) is -14.0. The fourth-order valence-electron chi connectivity index (χ4n) is 6.01. The van der Waals surface area contributed by atoms with Gasteiger partial charge in [0.2, 0.25) is 59.1 Å². The number of hydrogen-bond acceptors (Lipinski definition) is 18. The lowest BCUT2D eigenvalue weighted by Gasteiger charge is -2.29. The highest BCUT2D eigenvalue weighted by molar-refractivity contribution is 5.98. The van der Waals surface area contributed by atoms with E-state index in [1.807, 2.05) is 10.6 Å². The van der Waals surface area contributed by atoms with E-state index in [-0.39, 0.29) is 51.2 Å². The van der Waals surface area contributed by atoms with E-state index in [4.69, 9.17) is 11.5 Å². The molecular formula is C37H60N13O18-. The lowest BCUT2D eigenvalue weighted by molar-refractivity contribution is -0.459. The molecule has 0 aliphatic carbocycles.